The van der Waals surface area contributed by atoms with Crippen LogP contribution in [0.2, 0.25) is 0 Å². The van der Waals surface area contributed by atoms with Crippen molar-refractivity contribution in [3.05, 3.63) is 54.1 Å². The standard InChI is InChI=1S/C25H29NO4/c1-25(2)28-18-24(30-25)17-26-15-23(16-26)29-22-12-10-21(11-13-22)20-8-6-19(7-9-20)5-3-4-14-27/h6-13,23-24,27H,4,14-18H2,1-2H3. The second-order valence-corrected chi connectivity index (χ2v) is 8.29. The van der Waals surface area contributed by atoms with Crippen LogP contribution in [0, 0.1) is 11.8 Å². The molecule has 2 aliphatic rings. The summed E-state index contributed by atoms with van der Waals surface area (Å²) >= 11 is 0. The minimum absolute atomic E-state index is 0.0978. The van der Waals surface area contributed by atoms with Gasteiger partial charge in [-0.25, -0.2) is 0 Å². The maximum atomic E-state index is 8.80. The molecule has 2 aromatic rings. The minimum Gasteiger partial charge on any atom is -0.488 e. The average Bonchev–Trinajstić information content (AvgIpc) is 3.06. The SMILES string of the molecule is CC1(C)OCC(CN2CC(Oc3ccc(-c4ccc(C#CCCO)cc4)cc3)C2)O1. The average molecular weight is 408 g/mol. The molecule has 2 aliphatic heterocycles. The Bertz CT molecular complexity index is 889. The van der Waals surface area contributed by atoms with Gasteiger partial charge >= 0.3 is 0 Å². The highest BCUT2D eigenvalue weighted by Gasteiger charge is 2.37. The van der Waals surface area contributed by atoms with E-state index in [0.717, 1.165) is 42.1 Å². The molecule has 0 bridgehead atoms. The Morgan fingerprint density at radius 1 is 1.07 bits per heavy atom. The van der Waals surface area contributed by atoms with E-state index >= 15 is 0 Å². The molecule has 2 saturated heterocycles. The molecule has 1 N–H and O–H groups in total. The first kappa shape index (κ1) is 20.9. The summed E-state index contributed by atoms with van der Waals surface area (Å²) in [4.78, 5) is 2.35. The maximum Gasteiger partial charge on any atom is 0.163 e. The lowest BCUT2D eigenvalue weighted by atomic mass is 10.0. The molecule has 4 rings (SSSR count). The number of hydrogen-bond donors (Lipinski definition) is 1. The van der Waals surface area contributed by atoms with Crippen molar-refractivity contribution in [3.8, 4) is 28.7 Å². The minimum atomic E-state index is -0.458. The quantitative estimate of drug-likeness (QED) is 0.745. The molecule has 0 saturated carbocycles. The van der Waals surface area contributed by atoms with E-state index in [1.54, 1.807) is 0 Å². The van der Waals surface area contributed by atoms with Crippen LogP contribution in [0.3, 0.4) is 0 Å². The molecule has 2 aromatic carbocycles. The van der Waals surface area contributed by atoms with Gasteiger partial charge in [-0.3, -0.25) is 4.90 Å². The van der Waals surface area contributed by atoms with Crippen molar-refractivity contribution < 1.29 is 19.3 Å². The topological polar surface area (TPSA) is 51.2 Å². The van der Waals surface area contributed by atoms with Gasteiger partial charge in [-0.2, -0.15) is 0 Å². The molecule has 5 heteroatoms. The number of likely N-dealkylation sites (tertiary alicyclic amines) is 1. The molecular formula is C25H29NO4. The Labute approximate surface area is 178 Å². The highest BCUT2D eigenvalue weighted by molar-refractivity contribution is 5.65. The first-order valence-electron chi connectivity index (χ1n) is 10.5. The van der Waals surface area contributed by atoms with E-state index in [4.69, 9.17) is 19.3 Å². The molecule has 0 aromatic heterocycles. The number of benzene rings is 2. The normalized spacial score (nSPS) is 21.0. The fourth-order valence-corrected chi connectivity index (χ4v) is 3.77. The van der Waals surface area contributed by atoms with E-state index in [0.29, 0.717) is 13.0 Å². The Morgan fingerprint density at radius 2 is 1.73 bits per heavy atom. The Kier molecular flexibility index (Phi) is 6.40. The summed E-state index contributed by atoms with van der Waals surface area (Å²) in [5, 5.41) is 8.80. The molecular weight excluding hydrogens is 378 g/mol. The number of aliphatic hydroxyl groups is 1. The second-order valence-electron chi connectivity index (χ2n) is 8.29. The van der Waals surface area contributed by atoms with Gasteiger partial charge in [0.05, 0.1) is 19.3 Å². The van der Waals surface area contributed by atoms with Crippen molar-refractivity contribution in [1.82, 2.24) is 4.90 Å². The van der Waals surface area contributed by atoms with Gasteiger partial charge in [0.1, 0.15) is 11.9 Å². The van der Waals surface area contributed by atoms with Gasteiger partial charge in [0.25, 0.3) is 0 Å². The molecule has 0 radical (unpaired) electrons. The van der Waals surface area contributed by atoms with Crippen LogP contribution >= 0.6 is 0 Å². The molecule has 0 aliphatic carbocycles. The second kappa shape index (κ2) is 9.20. The van der Waals surface area contributed by atoms with Gasteiger partial charge in [0.2, 0.25) is 0 Å². The molecule has 2 fully saturated rings. The summed E-state index contributed by atoms with van der Waals surface area (Å²) in [7, 11) is 0. The smallest absolute Gasteiger partial charge is 0.163 e. The van der Waals surface area contributed by atoms with E-state index in [9.17, 15) is 0 Å². The van der Waals surface area contributed by atoms with E-state index in [-0.39, 0.29) is 18.8 Å². The number of aliphatic hydroxyl groups excluding tert-OH is 1. The summed E-state index contributed by atoms with van der Waals surface area (Å²) in [6.45, 7) is 7.40. The number of hydrogen-bond acceptors (Lipinski definition) is 5. The van der Waals surface area contributed by atoms with Crippen LogP contribution in [-0.4, -0.2) is 60.8 Å². The number of ether oxygens (including phenoxy) is 3. The summed E-state index contributed by atoms with van der Waals surface area (Å²) in [6, 6.07) is 16.4. The van der Waals surface area contributed by atoms with Crippen LogP contribution in [-0.2, 0) is 9.47 Å². The molecule has 1 unspecified atom stereocenters. The predicted molar refractivity (Wildman–Crippen MR) is 116 cm³/mol. The van der Waals surface area contributed by atoms with Crippen molar-refractivity contribution in [2.75, 3.05) is 32.8 Å². The van der Waals surface area contributed by atoms with Crippen molar-refractivity contribution in [3.63, 3.8) is 0 Å². The van der Waals surface area contributed by atoms with Crippen LogP contribution in [0.5, 0.6) is 5.75 Å². The lowest BCUT2D eigenvalue weighted by molar-refractivity contribution is -0.143. The van der Waals surface area contributed by atoms with Crippen molar-refractivity contribution in [2.24, 2.45) is 0 Å². The van der Waals surface area contributed by atoms with E-state index < -0.39 is 5.79 Å². The zero-order valence-electron chi connectivity index (χ0n) is 17.6. The third-order valence-corrected chi connectivity index (χ3v) is 5.30. The lowest BCUT2D eigenvalue weighted by Crippen LogP contribution is -2.56. The van der Waals surface area contributed by atoms with Gasteiger partial charge in [0, 0.05) is 31.6 Å². The molecule has 30 heavy (non-hydrogen) atoms. The first-order chi connectivity index (χ1) is 14.5. The van der Waals surface area contributed by atoms with Crippen molar-refractivity contribution >= 4 is 0 Å². The van der Waals surface area contributed by atoms with Gasteiger partial charge in [0.15, 0.2) is 5.79 Å². The summed E-state index contributed by atoms with van der Waals surface area (Å²) in [5.41, 5.74) is 3.25. The number of nitrogens with zero attached hydrogens (tertiary/aromatic N) is 1. The zero-order chi connectivity index (χ0) is 21.0. The largest absolute Gasteiger partial charge is 0.488 e. The fraction of sp³-hybridized carbons (Fsp3) is 0.440. The van der Waals surface area contributed by atoms with Gasteiger partial charge < -0.3 is 19.3 Å². The van der Waals surface area contributed by atoms with Gasteiger partial charge in [-0.1, -0.05) is 36.1 Å². The molecule has 1 atom stereocenters. The van der Waals surface area contributed by atoms with Crippen molar-refractivity contribution in [1.29, 1.82) is 0 Å². The van der Waals surface area contributed by atoms with E-state index in [1.807, 2.05) is 38.1 Å². The zero-order valence-corrected chi connectivity index (χ0v) is 17.6. The Morgan fingerprint density at radius 3 is 2.33 bits per heavy atom. The fourth-order valence-electron chi connectivity index (χ4n) is 3.77. The molecule has 158 valence electrons. The van der Waals surface area contributed by atoms with Gasteiger partial charge in [-0.15, -0.1) is 0 Å². The highest BCUT2D eigenvalue weighted by atomic mass is 16.7. The Balaban J connectivity index is 1.24. The lowest BCUT2D eigenvalue weighted by Gasteiger charge is -2.40. The number of rotatable bonds is 6. The first-order valence-corrected chi connectivity index (χ1v) is 10.5. The molecule has 0 amide bonds. The third kappa shape index (κ3) is 5.41. The summed E-state index contributed by atoms with van der Waals surface area (Å²) in [5.74, 6) is 6.43. The van der Waals surface area contributed by atoms with E-state index in [1.165, 1.54) is 0 Å². The van der Waals surface area contributed by atoms with Crippen LogP contribution in [0.25, 0.3) is 11.1 Å². The highest BCUT2D eigenvalue weighted by Crippen LogP contribution is 2.26. The van der Waals surface area contributed by atoms with Crippen LogP contribution in [0.15, 0.2) is 48.5 Å². The molecule has 0 spiro atoms. The Hall–Kier alpha value is -2.36. The third-order valence-electron chi connectivity index (χ3n) is 5.30. The maximum absolute atomic E-state index is 8.80. The molecule has 2 heterocycles. The summed E-state index contributed by atoms with van der Waals surface area (Å²) < 4.78 is 17.6. The predicted octanol–water partition coefficient (Wildman–Crippen LogP) is 3.30. The van der Waals surface area contributed by atoms with Crippen LogP contribution < -0.4 is 4.74 Å². The van der Waals surface area contributed by atoms with Gasteiger partial charge in [-0.05, 0) is 49.2 Å². The monoisotopic (exact) mass is 407 g/mol. The van der Waals surface area contributed by atoms with Crippen LogP contribution in [0.4, 0.5) is 0 Å². The van der Waals surface area contributed by atoms with Crippen molar-refractivity contribution in [2.45, 2.75) is 38.3 Å². The summed E-state index contributed by atoms with van der Waals surface area (Å²) in [6.07, 6.45) is 0.873. The van der Waals surface area contributed by atoms with Crippen LogP contribution in [0.1, 0.15) is 25.8 Å². The van der Waals surface area contributed by atoms with E-state index in [2.05, 4.69) is 41.0 Å². The molecule has 5 nitrogen and oxygen atoms in total.